The summed E-state index contributed by atoms with van der Waals surface area (Å²) in [6.45, 7) is 0. The van der Waals surface area contributed by atoms with Gasteiger partial charge in [0.1, 0.15) is 5.75 Å². The Morgan fingerprint density at radius 2 is 1.96 bits per heavy atom. The SMILES string of the molecule is COc1cccc(Nc2ccc(NC(=O)Cc3cccs3)nn2)c1. The molecule has 2 aromatic heterocycles. The molecule has 0 saturated heterocycles. The summed E-state index contributed by atoms with van der Waals surface area (Å²) >= 11 is 1.55. The van der Waals surface area contributed by atoms with Crippen molar-refractivity contribution in [2.75, 3.05) is 17.7 Å². The van der Waals surface area contributed by atoms with Gasteiger partial charge in [0.05, 0.1) is 13.5 Å². The smallest absolute Gasteiger partial charge is 0.230 e. The molecule has 3 aromatic rings. The highest BCUT2D eigenvalue weighted by molar-refractivity contribution is 7.10. The zero-order valence-corrected chi connectivity index (χ0v) is 13.8. The van der Waals surface area contributed by atoms with E-state index in [4.69, 9.17) is 4.74 Å². The highest BCUT2D eigenvalue weighted by Gasteiger charge is 2.06. The van der Waals surface area contributed by atoms with E-state index in [1.807, 2.05) is 41.8 Å². The molecule has 0 fully saturated rings. The van der Waals surface area contributed by atoms with Crippen LogP contribution in [0.5, 0.6) is 5.75 Å². The van der Waals surface area contributed by atoms with Gasteiger partial charge in [0, 0.05) is 16.6 Å². The van der Waals surface area contributed by atoms with Crippen molar-refractivity contribution in [3.05, 3.63) is 58.8 Å². The standard InChI is InChI=1S/C17H16N4O2S/c1-23-13-5-2-4-12(10-13)18-15-7-8-16(21-20-15)19-17(22)11-14-6-3-9-24-14/h2-10H,11H2,1H3,(H,18,20)(H,19,21,22). The maximum absolute atomic E-state index is 11.9. The number of hydrogen-bond acceptors (Lipinski definition) is 6. The second-order valence-corrected chi connectivity index (χ2v) is 6.00. The lowest BCUT2D eigenvalue weighted by Crippen LogP contribution is -2.15. The molecular formula is C17H16N4O2S. The van der Waals surface area contributed by atoms with Gasteiger partial charge in [-0.25, -0.2) is 0 Å². The van der Waals surface area contributed by atoms with E-state index in [0.29, 0.717) is 18.1 Å². The van der Waals surface area contributed by atoms with E-state index >= 15 is 0 Å². The van der Waals surface area contributed by atoms with Crippen molar-refractivity contribution in [3.8, 4) is 5.75 Å². The number of carbonyl (C=O) groups is 1. The van der Waals surface area contributed by atoms with Crippen LogP contribution in [0.25, 0.3) is 0 Å². The summed E-state index contributed by atoms with van der Waals surface area (Å²) in [5.41, 5.74) is 0.845. The molecule has 1 aromatic carbocycles. The van der Waals surface area contributed by atoms with Crippen LogP contribution in [0.15, 0.2) is 53.9 Å². The number of anilines is 3. The fraction of sp³-hybridized carbons (Fsp3) is 0.118. The number of thiophene rings is 1. The maximum Gasteiger partial charge on any atom is 0.230 e. The van der Waals surface area contributed by atoms with Crippen molar-refractivity contribution in [1.29, 1.82) is 0 Å². The molecule has 0 spiro atoms. The second kappa shape index (κ2) is 7.56. The molecule has 122 valence electrons. The molecular weight excluding hydrogens is 324 g/mol. The second-order valence-electron chi connectivity index (χ2n) is 4.97. The molecule has 0 aliphatic rings. The summed E-state index contributed by atoms with van der Waals surface area (Å²) < 4.78 is 5.18. The Labute approximate surface area is 143 Å². The van der Waals surface area contributed by atoms with E-state index in [0.717, 1.165) is 16.3 Å². The van der Waals surface area contributed by atoms with Crippen LogP contribution in [0.1, 0.15) is 4.88 Å². The molecule has 0 saturated carbocycles. The van der Waals surface area contributed by atoms with Gasteiger partial charge in [0.25, 0.3) is 0 Å². The summed E-state index contributed by atoms with van der Waals surface area (Å²) in [5.74, 6) is 1.65. The number of nitrogens with one attached hydrogen (secondary N) is 2. The van der Waals surface area contributed by atoms with Gasteiger partial charge in [-0.2, -0.15) is 0 Å². The Morgan fingerprint density at radius 1 is 1.12 bits per heavy atom. The van der Waals surface area contributed by atoms with Gasteiger partial charge in [0.15, 0.2) is 11.6 Å². The molecule has 2 N–H and O–H groups in total. The van der Waals surface area contributed by atoms with Crippen LogP contribution < -0.4 is 15.4 Å². The molecule has 24 heavy (non-hydrogen) atoms. The van der Waals surface area contributed by atoms with E-state index in [2.05, 4.69) is 20.8 Å². The monoisotopic (exact) mass is 340 g/mol. The number of methoxy groups -OCH3 is 1. The number of amides is 1. The van der Waals surface area contributed by atoms with Crippen LogP contribution in [-0.4, -0.2) is 23.2 Å². The number of nitrogens with zero attached hydrogens (tertiary/aromatic N) is 2. The minimum atomic E-state index is -0.111. The van der Waals surface area contributed by atoms with Crippen molar-refractivity contribution in [3.63, 3.8) is 0 Å². The highest BCUT2D eigenvalue weighted by atomic mass is 32.1. The van der Waals surface area contributed by atoms with Crippen molar-refractivity contribution in [2.24, 2.45) is 0 Å². The Hall–Kier alpha value is -2.93. The lowest BCUT2D eigenvalue weighted by Gasteiger charge is -2.07. The number of ether oxygens (including phenoxy) is 1. The first-order chi connectivity index (χ1) is 11.7. The van der Waals surface area contributed by atoms with Crippen molar-refractivity contribution in [1.82, 2.24) is 10.2 Å². The Kier molecular flexibility index (Phi) is 5.02. The molecule has 6 nitrogen and oxygen atoms in total. The molecule has 1 amide bonds. The lowest BCUT2D eigenvalue weighted by atomic mass is 10.3. The average Bonchev–Trinajstić information content (AvgIpc) is 3.09. The zero-order chi connectivity index (χ0) is 16.8. The van der Waals surface area contributed by atoms with Crippen molar-refractivity contribution in [2.45, 2.75) is 6.42 Å². The number of benzene rings is 1. The minimum Gasteiger partial charge on any atom is -0.497 e. The van der Waals surface area contributed by atoms with E-state index in [9.17, 15) is 4.79 Å². The highest BCUT2D eigenvalue weighted by Crippen LogP contribution is 2.20. The van der Waals surface area contributed by atoms with Gasteiger partial charge in [-0.3, -0.25) is 4.79 Å². The first-order valence-electron chi connectivity index (χ1n) is 7.30. The quantitative estimate of drug-likeness (QED) is 0.718. The minimum absolute atomic E-state index is 0.111. The topological polar surface area (TPSA) is 76.1 Å². The summed E-state index contributed by atoms with van der Waals surface area (Å²) in [7, 11) is 1.62. The molecule has 0 radical (unpaired) electrons. The molecule has 0 atom stereocenters. The fourth-order valence-electron chi connectivity index (χ4n) is 2.07. The third-order valence-electron chi connectivity index (χ3n) is 3.19. The summed E-state index contributed by atoms with van der Waals surface area (Å²) in [6, 6.07) is 14.8. The van der Waals surface area contributed by atoms with Gasteiger partial charge in [-0.05, 0) is 35.7 Å². The Balaban J connectivity index is 1.59. The number of aromatic nitrogens is 2. The molecule has 0 unspecified atom stereocenters. The normalized spacial score (nSPS) is 10.2. The van der Waals surface area contributed by atoms with Gasteiger partial charge < -0.3 is 15.4 Å². The van der Waals surface area contributed by atoms with E-state index in [1.54, 1.807) is 30.6 Å². The predicted molar refractivity (Wildman–Crippen MR) is 95.0 cm³/mol. The number of rotatable bonds is 6. The van der Waals surface area contributed by atoms with Crippen LogP contribution in [0.3, 0.4) is 0 Å². The molecule has 7 heteroatoms. The first kappa shape index (κ1) is 15.9. The summed E-state index contributed by atoms with van der Waals surface area (Å²) in [5, 5.41) is 15.9. The third-order valence-corrected chi connectivity index (χ3v) is 4.07. The molecule has 0 aliphatic heterocycles. The van der Waals surface area contributed by atoms with Crippen LogP contribution >= 0.6 is 11.3 Å². The maximum atomic E-state index is 11.9. The number of carbonyl (C=O) groups excluding carboxylic acids is 1. The summed E-state index contributed by atoms with van der Waals surface area (Å²) in [4.78, 5) is 12.9. The van der Waals surface area contributed by atoms with Crippen molar-refractivity contribution >= 4 is 34.6 Å². The predicted octanol–water partition coefficient (Wildman–Crippen LogP) is 3.47. The van der Waals surface area contributed by atoms with E-state index in [-0.39, 0.29) is 5.91 Å². The number of hydrogen-bond donors (Lipinski definition) is 2. The fourth-order valence-corrected chi connectivity index (χ4v) is 2.78. The van der Waals surface area contributed by atoms with E-state index < -0.39 is 0 Å². The first-order valence-corrected chi connectivity index (χ1v) is 8.18. The van der Waals surface area contributed by atoms with Gasteiger partial charge >= 0.3 is 0 Å². The van der Waals surface area contributed by atoms with Gasteiger partial charge in [-0.1, -0.05) is 12.1 Å². The third kappa shape index (κ3) is 4.30. The Bertz CT molecular complexity index is 804. The van der Waals surface area contributed by atoms with Crippen LogP contribution in [0.4, 0.5) is 17.3 Å². The van der Waals surface area contributed by atoms with Crippen molar-refractivity contribution < 1.29 is 9.53 Å². The largest absolute Gasteiger partial charge is 0.497 e. The Morgan fingerprint density at radius 3 is 2.67 bits per heavy atom. The van der Waals surface area contributed by atoms with Crippen LogP contribution in [0.2, 0.25) is 0 Å². The van der Waals surface area contributed by atoms with Crippen LogP contribution in [-0.2, 0) is 11.2 Å². The van der Waals surface area contributed by atoms with Gasteiger partial charge in [0.2, 0.25) is 5.91 Å². The molecule has 0 aliphatic carbocycles. The summed E-state index contributed by atoms with van der Waals surface area (Å²) in [6.07, 6.45) is 0.336. The van der Waals surface area contributed by atoms with Crippen LogP contribution in [0, 0.1) is 0 Å². The average molecular weight is 340 g/mol. The molecule has 3 rings (SSSR count). The van der Waals surface area contributed by atoms with Gasteiger partial charge in [-0.15, -0.1) is 21.5 Å². The van der Waals surface area contributed by atoms with E-state index in [1.165, 1.54) is 0 Å². The lowest BCUT2D eigenvalue weighted by molar-refractivity contribution is -0.115. The zero-order valence-electron chi connectivity index (χ0n) is 13.0. The molecule has 0 bridgehead atoms. The molecule has 2 heterocycles.